The van der Waals surface area contributed by atoms with Crippen molar-refractivity contribution in [2.24, 2.45) is 0 Å². The minimum absolute atomic E-state index is 0.0246. The number of hydrogen-bond acceptors (Lipinski definition) is 4. The molecule has 2 aromatic carbocycles. The molecule has 1 fully saturated rings. The minimum atomic E-state index is 0.0246. The molecular weight excluding hydrogens is 352 g/mol. The maximum absolute atomic E-state index is 12.2. The Bertz CT molecular complexity index is 768. The first-order valence-corrected chi connectivity index (χ1v) is 10.0. The molecule has 1 heterocycles. The molecule has 1 N–H and O–H groups in total. The fourth-order valence-electron chi connectivity index (χ4n) is 3.61. The van der Waals surface area contributed by atoms with Crippen LogP contribution in [0.2, 0.25) is 0 Å². The average molecular weight is 383 g/mol. The number of anilines is 1. The normalized spacial score (nSPS) is 13.4. The van der Waals surface area contributed by atoms with E-state index in [1.807, 2.05) is 18.2 Å². The predicted octanol–water partition coefficient (Wildman–Crippen LogP) is 3.60. The second-order valence-corrected chi connectivity index (χ2v) is 7.18. The molecule has 1 aliphatic rings. The summed E-state index contributed by atoms with van der Waals surface area (Å²) in [4.78, 5) is 14.6. The Morgan fingerprint density at radius 2 is 1.64 bits per heavy atom. The fraction of sp³-hybridized carbons (Fsp3) is 0.435. The van der Waals surface area contributed by atoms with Crippen LogP contribution in [0.1, 0.15) is 30.4 Å². The van der Waals surface area contributed by atoms with Gasteiger partial charge in [0.05, 0.1) is 20.6 Å². The topological polar surface area (TPSA) is 50.8 Å². The summed E-state index contributed by atoms with van der Waals surface area (Å²) < 4.78 is 10.5. The Kier molecular flexibility index (Phi) is 7.18. The van der Waals surface area contributed by atoms with E-state index >= 15 is 0 Å². The highest BCUT2D eigenvalue weighted by Crippen LogP contribution is 2.27. The van der Waals surface area contributed by atoms with E-state index in [0.29, 0.717) is 24.5 Å². The Labute approximate surface area is 167 Å². The molecular formula is C23H30N2O3. The van der Waals surface area contributed by atoms with Crippen LogP contribution in [0.3, 0.4) is 0 Å². The highest BCUT2D eigenvalue weighted by molar-refractivity contribution is 5.78. The smallest absolute Gasteiger partial charge is 0.224 e. The molecule has 0 unspecified atom stereocenters. The lowest BCUT2D eigenvalue weighted by Gasteiger charge is -2.17. The largest absolute Gasteiger partial charge is 0.493 e. The Hall–Kier alpha value is -2.69. The van der Waals surface area contributed by atoms with Crippen molar-refractivity contribution in [3.8, 4) is 11.5 Å². The van der Waals surface area contributed by atoms with Gasteiger partial charge in [0, 0.05) is 25.3 Å². The van der Waals surface area contributed by atoms with Crippen LogP contribution in [-0.4, -0.2) is 39.8 Å². The van der Waals surface area contributed by atoms with Crippen molar-refractivity contribution in [1.82, 2.24) is 5.32 Å². The number of aryl methyl sites for hydroxylation is 1. The van der Waals surface area contributed by atoms with Crippen LogP contribution in [-0.2, 0) is 17.6 Å². The summed E-state index contributed by atoms with van der Waals surface area (Å²) in [7, 11) is 3.20. The molecule has 1 saturated heterocycles. The molecule has 0 aliphatic carbocycles. The number of nitrogens with one attached hydrogen (secondary N) is 1. The van der Waals surface area contributed by atoms with Gasteiger partial charge in [-0.1, -0.05) is 18.2 Å². The van der Waals surface area contributed by atoms with Crippen molar-refractivity contribution in [3.05, 3.63) is 53.6 Å². The first-order valence-electron chi connectivity index (χ1n) is 10.0. The van der Waals surface area contributed by atoms with Crippen LogP contribution in [0.15, 0.2) is 42.5 Å². The van der Waals surface area contributed by atoms with E-state index in [4.69, 9.17) is 9.47 Å². The maximum Gasteiger partial charge on any atom is 0.224 e. The van der Waals surface area contributed by atoms with Crippen LogP contribution in [0.4, 0.5) is 5.69 Å². The number of hydrogen-bond donors (Lipinski definition) is 1. The van der Waals surface area contributed by atoms with Gasteiger partial charge in [-0.3, -0.25) is 4.79 Å². The second kappa shape index (κ2) is 10.0. The lowest BCUT2D eigenvalue weighted by molar-refractivity contribution is -0.120. The molecule has 0 atom stereocenters. The number of rotatable bonds is 9. The van der Waals surface area contributed by atoms with E-state index in [-0.39, 0.29) is 5.91 Å². The van der Waals surface area contributed by atoms with Crippen molar-refractivity contribution >= 4 is 11.6 Å². The van der Waals surface area contributed by atoms with E-state index in [9.17, 15) is 4.79 Å². The van der Waals surface area contributed by atoms with Gasteiger partial charge in [0.25, 0.3) is 0 Å². The zero-order valence-electron chi connectivity index (χ0n) is 16.9. The van der Waals surface area contributed by atoms with Gasteiger partial charge in [0.1, 0.15) is 0 Å². The first-order chi connectivity index (χ1) is 13.7. The van der Waals surface area contributed by atoms with Gasteiger partial charge >= 0.3 is 0 Å². The first kappa shape index (κ1) is 20.1. The molecule has 5 heteroatoms. The molecule has 3 rings (SSSR count). The van der Waals surface area contributed by atoms with Crippen molar-refractivity contribution < 1.29 is 14.3 Å². The van der Waals surface area contributed by atoms with E-state index < -0.39 is 0 Å². The number of carbonyl (C=O) groups excluding carboxylic acids is 1. The molecule has 0 spiro atoms. The van der Waals surface area contributed by atoms with Crippen LogP contribution in [0.5, 0.6) is 11.5 Å². The van der Waals surface area contributed by atoms with Gasteiger partial charge in [0.2, 0.25) is 5.91 Å². The van der Waals surface area contributed by atoms with E-state index in [2.05, 4.69) is 34.5 Å². The molecule has 0 bridgehead atoms. The van der Waals surface area contributed by atoms with Crippen molar-refractivity contribution in [2.75, 3.05) is 38.8 Å². The monoisotopic (exact) mass is 382 g/mol. The number of benzene rings is 2. The van der Waals surface area contributed by atoms with Crippen molar-refractivity contribution in [3.63, 3.8) is 0 Å². The number of carbonyl (C=O) groups is 1. The summed E-state index contributed by atoms with van der Waals surface area (Å²) in [6, 6.07) is 14.4. The molecule has 5 nitrogen and oxygen atoms in total. The summed E-state index contributed by atoms with van der Waals surface area (Å²) >= 11 is 0. The highest BCUT2D eigenvalue weighted by Gasteiger charge is 2.12. The third-order valence-electron chi connectivity index (χ3n) is 5.18. The zero-order valence-corrected chi connectivity index (χ0v) is 16.9. The minimum Gasteiger partial charge on any atom is -0.493 e. The quantitative estimate of drug-likeness (QED) is 0.674. The van der Waals surface area contributed by atoms with Gasteiger partial charge in [-0.25, -0.2) is 0 Å². The third kappa shape index (κ3) is 5.41. The Morgan fingerprint density at radius 1 is 0.964 bits per heavy atom. The molecule has 0 saturated carbocycles. The standard InChI is InChI=1S/C23H30N2O3/c1-27-21-12-9-19(16-22(21)28-2)17-23(26)24-13-5-6-18-7-10-20(11-8-18)25-14-3-4-15-25/h7-12,16H,3-6,13-15,17H2,1-2H3,(H,24,26). The van der Waals surface area contributed by atoms with Crippen molar-refractivity contribution in [1.29, 1.82) is 0 Å². The molecule has 0 radical (unpaired) electrons. The SMILES string of the molecule is COc1ccc(CC(=O)NCCCc2ccc(N3CCCC3)cc2)cc1OC. The summed E-state index contributed by atoms with van der Waals surface area (Å²) in [6.45, 7) is 3.02. The van der Waals surface area contributed by atoms with Crippen molar-refractivity contribution in [2.45, 2.75) is 32.1 Å². The van der Waals surface area contributed by atoms with Gasteiger partial charge < -0.3 is 19.7 Å². The number of methoxy groups -OCH3 is 2. The molecule has 0 aromatic heterocycles. The summed E-state index contributed by atoms with van der Waals surface area (Å²) in [5, 5.41) is 3.00. The Morgan fingerprint density at radius 3 is 2.32 bits per heavy atom. The highest BCUT2D eigenvalue weighted by atomic mass is 16.5. The molecule has 28 heavy (non-hydrogen) atoms. The third-order valence-corrected chi connectivity index (χ3v) is 5.18. The maximum atomic E-state index is 12.2. The summed E-state index contributed by atoms with van der Waals surface area (Å²) in [5.41, 5.74) is 3.55. The van der Waals surface area contributed by atoms with Crippen LogP contribution in [0, 0.1) is 0 Å². The van der Waals surface area contributed by atoms with Gasteiger partial charge in [-0.2, -0.15) is 0 Å². The lowest BCUT2D eigenvalue weighted by Crippen LogP contribution is -2.26. The number of nitrogens with zero attached hydrogens (tertiary/aromatic N) is 1. The summed E-state index contributed by atoms with van der Waals surface area (Å²) in [6.07, 6.45) is 4.83. The Balaban J connectivity index is 1.39. The van der Waals surface area contributed by atoms with Gasteiger partial charge in [-0.15, -0.1) is 0 Å². The van der Waals surface area contributed by atoms with Crippen LogP contribution in [0.25, 0.3) is 0 Å². The fourth-order valence-corrected chi connectivity index (χ4v) is 3.61. The van der Waals surface area contributed by atoms with E-state index in [1.54, 1.807) is 14.2 Å². The lowest BCUT2D eigenvalue weighted by atomic mass is 10.1. The van der Waals surface area contributed by atoms with E-state index in [0.717, 1.165) is 18.4 Å². The molecule has 1 aliphatic heterocycles. The van der Waals surface area contributed by atoms with Gasteiger partial charge in [0.15, 0.2) is 11.5 Å². The average Bonchev–Trinajstić information content (AvgIpc) is 3.26. The predicted molar refractivity (Wildman–Crippen MR) is 112 cm³/mol. The van der Waals surface area contributed by atoms with Crippen LogP contribution < -0.4 is 19.7 Å². The number of amides is 1. The number of ether oxygens (including phenoxy) is 2. The van der Waals surface area contributed by atoms with Gasteiger partial charge in [-0.05, 0) is 61.1 Å². The molecule has 150 valence electrons. The van der Waals surface area contributed by atoms with Crippen LogP contribution >= 0.6 is 0 Å². The second-order valence-electron chi connectivity index (χ2n) is 7.18. The zero-order chi connectivity index (χ0) is 19.8. The van der Waals surface area contributed by atoms with E-state index in [1.165, 1.54) is 37.2 Å². The molecule has 2 aromatic rings. The molecule has 1 amide bonds. The summed E-state index contributed by atoms with van der Waals surface area (Å²) in [5.74, 6) is 1.34.